The summed E-state index contributed by atoms with van der Waals surface area (Å²) in [6, 6.07) is 0. The third-order valence-electron chi connectivity index (χ3n) is 2.65. The fraction of sp³-hybridized carbons (Fsp3) is 0.727. The van der Waals surface area contributed by atoms with Gasteiger partial charge in [-0.2, -0.15) is 0 Å². The molecule has 16 heavy (non-hydrogen) atoms. The van der Waals surface area contributed by atoms with Gasteiger partial charge in [-0.05, 0) is 38.3 Å². The monoisotopic (exact) mass is 266 g/mol. The first-order chi connectivity index (χ1) is 7.18. The molecule has 1 aliphatic heterocycles. The molecule has 0 bridgehead atoms. The van der Waals surface area contributed by atoms with E-state index in [9.17, 15) is 4.79 Å². The van der Waals surface area contributed by atoms with Crippen molar-refractivity contribution in [2.45, 2.75) is 25.7 Å². The average Bonchev–Trinajstić information content (AvgIpc) is 2.43. The largest absolute Gasteiger partial charge is 0.351 e. The van der Waals surface area contributed by atoms with Crippen LogP contribution in [0, 0.1) is 5.92 Å². The lowest BCUT2D eigenvalue weighted by Gasteiger charge is -2.12. The van der Waals surface area contributed by atoms with Crippen molar-refractivity contribution in [3.8, 4) is 0 Å². The predicted octanol–water partition coefficient (Wildman–Crippen LogP) is 2.06. The summed E-state index contributed by atoms with van der Waals surface area (Å²) in [5.74, 6) is 0.604. The van der Waals surface area contributed by atoms with E-state index >= 15 is 0 Å². The molecule has 3 nitrogen and oxygen atoms in total. The van der Waals surface area contributed by atoms with E-state index in [4.69, 9.17) is 11.6 Å². The molecule has 0 aromatic heterocycles. The van der Waals surface area contributed by atoms with E-state index in [1.54, 1.807) is 0 Å². The zero-order valence-corrected chi connectivity index (χ0v) is 11.0. The molecule has 5 heteroatoms. The Bertz CT molecular complexity index is 226. The van der Waals surface area contributed by atoms with Gasteiger partial charge >= 0.3 is 0 Å². The number of amides is 1. The highest BCUT2D eigenvalue weighted by atomic mass is 35.5. The van der Waals surface area contributed by atoms with Crippen molar-refractivity contribution in [1.29, 1.82) is 0 Å². The lowest BCUT2D eigenvalue weighted by Crippen LogP contribution is -2.26. The van der Waals surface area contributed by atoms with Crippen molar-refractivity contribution in [3.05, 3.63) is 11.6 Å². The van der Waals surface area contributed by atoms with Gasteiger partial charge in [0.25, 0.3) is 0 Å². The predicted molar refractivity (Wildman–Crippen MR) is 70.1 cm³/mol. The van der Waals surface area contributed by atoms with Gasteiger partial charge in [-0.1, -0.05) is 18.2 Å². The van der Waals surface area contributed by atoms with Gasteiger partial charge in [-0.25, -0.2) is 0 Å². The number of rotatable bonds is 4. The first-order valence-corrected chi connectivity index (χ1v) is 5.87. The van der Waals surface area contributed by atoms with Crippen molar-refractivity contribution in [1.82, 2.24) is 10.6 Å². The summed E-state index contributed by atoms with van der Waals surface area (Å²) in [7, 11) is 0. The molecule has 2 N–H and O–H groups in total. The fourth-order valence-electron chi connectivity index (χ4n) is 1.82. The van der Waals surface area contributed by atoms with Crippen LogP contribution in [-0.2, 0) is 4.79 Å². The zero-order valence-electron chi connectivity index (χ0n) is 9.43. The Labute approximate surface area is 108 Å². The molecule has 0 saturated carbocycles. The molecular formula is C11H20Cl2N2O. The summed E-state index contributed by atoms with van der Waals surface area (Å²) in [5.41, 5.74) is 0. The minimum Gasteiger partial charge on any atom is -0.351 e. The van der Waals surface area contributed by atoms with Gasteiger partial charge in [0.1, 0.15) is 0 Å². The molecule has 1 aliphatic rings. The van der Waals surface area contributed by atoms with Crippen LogP contribution >= 0.6 is 24.0 Å². The summed E-state index contributed by atoms with van der Waals surface area (Å²) in [4.78, 5) is 11.5. The highest BCUT2D eigenvalue weighted by Gasteiger charge is 2.15. The third kappa shape index (κ3) is 7.09. The number of hydrogen-bond acceptors (Lipinski definition) is 2. The molecule has 1 rings (SSSR count). The molecule has 94 valence electrons. The van der Waals surface area contributed by atoms with Crippen molar-refractivity contribution in [3.63, 3.8) is 0 Å². The van der Waals surface area contributed by atoms with Crippen LogP contribution in [0.3, 0.4) is 0 Å². The summed E-state index contributed by atoms with van der Waals surface area (Å²) in [5, 5.41) is 6.57. The van der Waals surface area contributed by atoms with Crippen LogP contribution in [0.2, 0.25) is 0 Å². The normalized spacial score (nSPS) is 20.4. The quantitative estimate of drug-likeness (QED) is 0.818. The minimum atomic E-state index is 0. The zero-order chi connectivity index (χ0) is 11.1. The maximum absolute atomic E-state index is 11.5. The van der Waals surface area contributed by atoms with E-state index in [0.29, 0.717) is 23.9 Å². The van der Waals surface area contributed by atoms with Crippen molar-refractivity contribution in [2.75, 3.05) is 19.6 Å². The Balaban J connectivity index is 0.00000225. The van der Waals surface area contributed by atoms with Gasteiger partial charge in [-0.3, -0.25) is 4.79 Å². The summed E-state index contributed by atoms with van der Waals surface area (Å²) in [6.45, 7) is 6.02. The highest BCUT2D eigenvalue weighted by molar-refractivity contribution is 6.29. The van der Waals surface area contributed by atoms with Gasteiger partial charge in [0.2, 0.25) is 5.91 Å². The van der Waals surface area contributed by atoms with Gasteiger partial charge < -0.3 is 10.6 Å². The SMILES string of the molecule is C=C(Cl)CNC(=O)CC1CCCNCC1.Cl. The molecule has 0 aliphatic carbocycles. The Morgan fingerprint density at radius 2 is 2.19 bits per heavy atom. The van der Waals surface area contributed by atoms with E-state index in [2.05, 4.69) is 17.2 Å². The van der Waals surface area contributed by atoms with Gasteiger partial charge in [0, 0.05) is 11.5 Å². The number of hydrogen-bond donors (Lipinski definition) is 2. The maximum Gasteiger partial charge on any atom is 0.220 e. The van der Waals surface area contributed by atoms with Crippen LogP contribution in [0.15, 0.2) is 11.6 Å². The molecule has 0 aromatic rings. The van der Waals surface area contributed by atoms with Crippen molar-refractivity contribution < 1.29 is 4.79 Å². The second kappa shape index (κ2) is 8.85. The Kier molecular flexibility index (Phi) is 8.71. The Morgan fingerprint density at radius 3 is 2.88 bits per heavy atom. The Morgan fingerprint density at radius 1 is 1.44 bits per heavy atom. The fourth-order valence-corrected chi connectivity index (χ4v) is 1.89. The van der Waals surface area contributed by atoms with E-state index in [0.717, 1.165) is 25.9 Å². The maximum atomic E-state index is 11.5. The third-order valence-corrected chi connectivity index (χ3v) is 2.78. The molecule has 1 saturated heterocycles. The molecule has 0 spiro atoms. The average molecular weight is 267 g/mol. The molecule has 0 aromatic carbocycles. The molecule has 1 fully saturated rings. The van der Waals surface area contributed by atoms with E-state index in [-0.39, 0.29) is 18.3 Å². The second-order valence-corrected chi connectivity index (χ2v) is 4.58. The van der Waals surface area contributed by atoms with Crippen LogP contribution < -0.4 is 10.6 Å². The first kappa shape index (κ1) is 15.8. The first-order valence-electron chi connectivity index (χ1n) is 5.49. The molecule has 0 radical (unpaired) electrons. The van der Waals surface area contributed by atoms with Crippen LogP contribution in [0.4, 0.5) is 0 Å². The summed E-state index contributed by atoms with van der Waals surface area (Å²) < 4.78 is 0. The number of nitrogens with one attached hydrogen (secondary N) is 2. The van der Waals surface area contributed by atoms with Crippen LogP contribution in [0.1, 0.15) is 25.7 Å². The van der Waals surface area contributed by atoms with E-state index < -0.39 is 0 Å². The summed E-state index contributed by atoms with van der Waals surface area (Å²) in [6.07, 6.45) is 4.02. The smallest absolute Gasteiger partial charge is 0.220 e. The number of halogens is 2. The standard InChI is InChI=1S/C11H19ClN2O.ClH/c1-9(12)8-14-11(15)7-10-3-2-5-13-6-4-10;/h10,13H,1-8H2,(H,14,15);1H. The lowest BCUT2D eigenvalue weighted by atomic mass is 9.96. The molecule has 1 atom stereocenters. The van der Waals surface area contributed by atoms with Gasteiger partial charge in [0.05, 0.1) is 6.54 Å². The lowest BCUT2D eigenvalue weighted by molar-refractivity contribution is -0.121. The minimum absolute atomic E-state index is 0. The Hall–Kier alpha value is -0.250. The van der Waals surface area contributed by atoms with Gasteiger partial charge in [0.15, 0.2) is 0 Å². The second-order valence-electron chi connectivity index (χ2n) is 4.05. The topological polar surface area (TPSA) is 41.1 Å². The van der Waals surface area contributed by atoms with Crippen molar-refractivity contribution in [2.24, 2.45) is 5.92 Å². The summed E-state index contributed by atoms with van der Waals surface area (Å²) >= 11 is 5.57. The highest BCUT2D eigenvalue weighted by Crippen LogP contribution is 2.17. The molecule has 1 amide bonds. The van der Waals surface area contributed by atoms with Crippen LogP contribution in [-0.4, -0.2) is 25.5 Å². The molecule has 1 heterocycles. The van der Waals surface area contributed by atoms with Crippen LogP contribution in [0.25, 0.3) is 0 Å². The van der Waals surface area contributed by atoms with E-state index in [1.807, 2.05) is 0 Å². The molecular weight excluding hydrogens is 247 g/mol. The van der Waals surface area contributed by atoms with Gasteiger partial charge in [-0.15, -0.1) is 12.4 Å². The molecule has 1 unspecified atom stereocenters. The van der Waals surface area contributed by atoms with Crippen LogP contribution in [0.5, 0.6) is 0 Å². The number of carbonyl (C=O) groups is 1. The van der Waals surface area contributed by atoms with E-state index in [1.165, 1.54) is 6.42 Å². The number of carbonyl (C=O) groups excluding carboxylic acids is 1. The van der Waals surface area contributed by atoms with Crippen molar-refractivity contribution >= 4 is 29.9 Å².